The molecule has 128 valence electrons. The summed E-state index contributed by atoms with van der Waals surface area (Å²) in [6, 6.07) is 3.53. The zero-order chi connectivity index (χ0) is 17.5. The van der Waals surface area contributed by atoms with Crippen LogP contribution in [0, 0.1) is 5.92 Å². The molecule has 3 rings (SSSR count). The van der Waals surface area contributed by atoms with Gasteiger partial charge in [-0.2, -0.15) is 8.78 Å². The Morgan fingerprint density at radius 2 is 1.96 bits per heavy atom. The largest absolute Gasteiger partial charge is 0.485 e. The summed E-state index contributed by atoms with van der Waals surface area (Å²) in [6.07, 6.45) is 2.06. The first-order chi connectivity index (χ1) is 11.3. The lowest BCUT2D eigenvalue weighted by Gasteiger charge is -2.40. The third-order valence-electron chi connectivity index (χ3n) is 4.47. The van der Waals surface area contributed by atoms with E-state index in [0.717, 1.165) is 6.07 Å². The number of ketones is 2. The molecular weight excluding hydrogens is 326 g/mol. The van der Waals surface area contributed by atoms with Crippen molar-refractivity contribution in [3.05, 3.63) is 23.8 Å². The van der Waals surface area contributed by atoms with Crippen molar-refractivity contribution in [3.8, 4) is 11.5 Å². The molecule has 1 atom stereocenters. The molecule has 1 aliphatic carbocycles. The van der Waals surface area contributed by atoms with Gasteiger partial charge in [0, 0.05) is 6.07 Å². The molecule has 1 aromatic carbocycles. The number of Topliss-reactive ketones (excluding diaryl/α,β-unsaturated/α-hetero) is 2. The fourth-order valence-corrected chi connectivity index (χ4v) is 3.48. The van der Waals surface area contributed by atoms with Crippen molar-refractivity contribution in [1.29, 1.82) is 0 Å². The molecule has 0 radical (unpaired) electrons. The summed E-state index contributed by atoms with van der Waals surface area (Å²) in [5, 5.41) is 9.03. The zero-order valence-corrected chi connectivity index (χ0v) is 12.5. The van der Waals surface area contributed by atoms with E-state index in [-0.39, 0.29) is 17.1 Å². The van der Waals surface area contributed by atoms with Crippen LogP contribution in [0.15, 0.2) is 18.2 Å². The van der Waals surface area contributed by atoms with Crippen LogP contribution in [0.4, 0.5) is 8.78 Å². The van der Waals surface area contributed by atoms with Crippen LogP contribution in [0.1, 0.15) is 36.0 Å². The maximum Gasteiger partial charge on any atom is 0.387 e. The highest BCUT2D eigenvalue weighted by Gasteiger charge is 2.56. The second-order valence-electron chi connectivity index (χ2n) is 5.88. The summed E-state index contributed by atoms with van der Waals surface area (Å²) in [7, 11) is 0. The van der Waals surface area contributed by atoms with Gasteiger partial charge < -0.3 is 14.6 Å². The Kier molecular flexibility index (Phi) is 3.98. The number of alkyl halides is 2. The van der Waals surface area contributed by atoms with Crippen LogP contribution in [0.3, 0.4) is 0 Å². The first-order valence-electron chi connectivity index (χ1n) is 7.43. The average Bonchev–Trinajstić information content (AvgIpc) is 2.94. The minimum atomic E-state index is -3.02. The molecule has 0 aromatic heterocycles. The molecule has 1 saturated carbocycles. The van der Waals surface area contributed by atoms with E-state index in [1.54, 1.807) is 0 Å². The summed E-state index contributed by atoms with van der Waals surface area (Å²) < 4.78 is 34.8. The molecule has 0 saturated heterocycles. The second kappa shape index (κ2) is 5.85. The highest BCUT2D eigenvalue weighted by molar-refractivity contribution is 6.39. The summed E-state index contributed by atoms with van der Waals surface area (Å²) >= 11 is 0. The number of rotatable bonds is 4. The number of fused-ring (bicyclic) bond motifs is 1. The smallest absolute Gasteiger partial charge is 0.387 e. The van der Waals surface area contributed by atoms with E-state index in [0.29, 0.717) is 25.7 Å². The zero-order valence-electron chi connectivity index (χ0n) is 12.5. The fourth-order valence-electron chi connectivity index (χ4n) is 3.48. The van der Waals surface area contributed by atoms with Crippen LogP contribution >= 0.6 is 0 Å². The van der Waals surface area contributed by atoms with Crippen molar-refractivity contribution in [1.82, 2.24) is 0 Å². The molecule has 1 fully saturated rings. The lowest BCUT2D eigenvalue weighted by molar-refractivity contribution is -0.153. The second-order valence-corrected chi connectivity index (χ2v) is 5.88. The number of benzene rings is 1. The number of ether oxygens (including phenoxy) is 2. The van der Waals surface area contributed by atoms with Crippen molar-refractivity contribution < 1.29 is 37.7 Å². The van der Waals surface area contributed by atoms with E-state index >= 15 is 0 Å². The topological polar surface area (TPSA) is 89.9 Å². The molecule has 1 N–H and O–H groups in total. The van der Waals surface area contributed by atoms with Crippen molar-refractivity contribution in [2.24, 2.45) is 5.92 Å². The molecule has 6 nitrogen and oxygen atoms in total. The van der Waals surface area contributed by atoms with Crippen LogP contribution in [-0.4, -0.2) is 34.9 Å². The van der Waals surface area contributed by atoms with Crippen molar-refractivity contribution in [3.63, 3.8) is 0 Å². The molecule has 0 amide bonds. The molecule has 24 heavy (non-hydrogen) atoms. The van der Waals surface area contributed by atoms with E-state index in [9.17, 15) is 23.2 Å². The first kappa shape index (κ1) is 16.4. The van der Waals surface area contributed by atoms with E-state index < -0.39 is 35.7 Å². The van der Waals surface area contributed by atoms with Crippen LogP contribution in [0.5, 0.6) is 11.5 Å². The number of hydrogen-bond acceptors (Lipinski definition) is 5. The molecule has 8 heteroatoms. The lowest BCUT2D eigenvalue weighted by Crippen LogP contribution is -2.53. The molecule has 1 aromatic rings. The number of halogens is 2. The number of carboxylic acid groups (broad SMARTS) is 1. The highest BCUT2D eigenvalue weighted by atomic mass is 19.3. The molecule has 0 bridgehead atoms. The molecular formula is C16H14F2O6. The standard InChI is InChI=1S/C16H14F2O6/c17-15(18)23-8-3-4-9-10(7-8)24-16(5-1-2-6-16)11(12(9)19)13(20)14(21)22/h3-4,7,11,15H,1-2,5-6H2,(H,21,22). The fraction of sp³-hybridized carbons (Fsp3) is 0.438. The maximum absolute atomic E-state index is 12.7. The van der Waals surface area contributed by atoms with Crippen LogP contribution in [0.2, 0.25) is 0 Å². The first-order valence-corrected chi connectivity index (χ1v) is 7.43. The quantitative estimate of drug-likeness (QED) is 0.669. The molecule has 1 spiro atoms. The van der Waals surface area contributed by atoms with Gasteiger partial charge in [0.05, 0.1) is 5.56 Å². The number of hydrogen-bond donors (Lipinski definition) is 1. The predicted molar refractivity (Wildman–Crippen MR) is 75.4 cm³/mol. The predicted octanol–water partition coefficient (Wildman–Crippen LogP) is 2.45. The number of carboxylic acids is 1. The highest BCUT2D eigenvalue weighted by Crippen LogP contribution is 2.47. The van der Waals surface area contributed by atoms with Crippen LogP contribution in [0.25, 0.3) is 0 Å². The van der Waals surface area contributed by atoms with Gasteiger partial charge in [-0.15, -0.1) is 0 Å². The van der Waals surface area contributed by atoms with E-state index in [2.05, 4.69) is 4.74 Å². The monoisotopic (exact) mass is 340 g/mol. The summed E-state index contributed by atoms with van der Waals surface area (Å²) in [4.78, 5) is 35.9. The average molecular weight is 340 g/mol. The Morgan fingerprint density at radius 3 is 2.54 bits per heavy atom. The summed E-state index contributed by atoms with van der Waals surface area (Å²) in [6.45, 7) is -3.02. The van der Waals surface area contributed by atoms with Crippen molar-refractivity contribution >= 4 is 17.5 Å². The Labute approximate surface area is 135 Å². The maximum atomic E-state index is 12.7. The third kappa shape index (κ3) is 2.61. The van der Waals surface area contributed by atoms with E-state index in [1.807, 2.05) is 0 Å². The van der Waals surface area contributed by atoms with Gasteiger partial charge in [0.1, 0.15) is 23.0 Å². The van der Waals surface area contributed by atoms with Gasteiger partial charge in [-0.05, 0) is 37.8 Å². The summed E-state index contributed by atoms with van der Waals surface area (Å²) in [5.41, 5.74) is -1.24. The lowest BCUT2D eigenvalue weighted by atomic mass is 9.75. The van der Waals surface area contributed by atoms with Gasteiger partial charge in [0.2, 0.25) is 0 Å². The number of carbonyl (C=O) groups excluding carboxylic acids is 2. The van der Waals surface area contributed by atoms with Crippen LogP contribution in [-0.2, 0) is 9.59 Å². The number of carbonyl (C=O) groups is 3. The Bertz CT molecular complexity index is 709. The molecule has 1 aliphatic heterocycles. The van der Waals surface area contributed by atoms with Gasteiger partial charge in [-0.3, -0.25) is 9.59 Å². The van der Waals surface area contributed by atoms with Crippen molar-refractivity contribution in [2.75, 3.05) is 0 Å². The summed E-state index contributed by atoms with van der Waals surface area (Å²) in [5.74, 6) is -5.12. The van der Waals surface area contributed by atoms with Crippen LogP contribution < -0.4 is 9.47 Å². The minimum Gasteiger partial charge on any atom is -0.485 e. The van der Waals surface area contributed by atoms with Gasteiger partial charge in [0.25, 0.3) is 5.78 Å². The van der Waals surface area contributed by atoms with Gasteiger partial charge in [-0.1, -0.05) is 0 Å². The van der Waals surface area contributed by atoms with E-state index in [1.165, 1.54) is 12.1 Å². The minimum absolute atomic E-state index is 0.00580. The van der Waals surface area contributed by atoms with Gasteiger partial charge >= 0.3 is 12.6 Å². The Morgan fingerprint density at radius 1 is 1.29 bits per heavy atom. The normalized spacial score (nSPS) is 21.5. The van der Waals surface area contributed by atoms with E-state index in [4.69, 9.17) is 9.84 Å². The Hall–Kier alpha value is -2.51. The molecule has 2 aliphatic rings. The van der Waals surface area contributed by atoms with Crippen molar-refractivity contribution in [2.45, 2.75) is 37.9 Å². The van der Waals surface area contributed by atoms with Gasteiger partial charge in [-0.25, -0.2) is 4.79 Å². The molecule has 1 unspecified atom stereocenters. The Balaban J connectivity index is 2.05. The van der Waals surface area contributed by atoms with Gasteiger partial charge in [0.15, 0.2) is 5.78 Å². The number of aliphatic carboxylic acids is 1. The third-order valence-corrected chi connectivity index (χ3v) is 4.47. The molecule has 1 heterocycles. The SMILES string of the molecule is O=C(O)C(=O)C1C(=O)c2ccc(OC(F)F)cc2OC12CCCC2.